The molecule has 2 aromatic rings. The van der Waals surface area contributed by atoms with Gasteiger partial charge in [-0.2, -0.15) is 0 Å². The summed E-state index contributed by atoms with van der Waals surface area (Å²) in [7, 11) is 0. The van der Waals surface area contributed by atoms with Gasteiger partial charge >= 0.3 is 0 Å². The monoisotopic (exact) mass is 291 g/mol. The molecule has 4 nitrogen and oxygen atoms in total. The van der Waals surface area contributed by atoms with Crippen LogP contribution in [0.25, 0.3) is 0 Å². The molecule has 22 heavy (non-hydrogen) atoms. The lowest BCUT2D eigenvalue weighted by Gasteiger charge is -2.20. The number of aryl methyl sites for hydroxylation is 1. The number of hydrogen-bond acceptors (Lipinski definition) is 3. The third kappa shape index (κ3) is 1.84. The number of anilines is 1. The summed E-state index contributed by atoms with van der Waals surface area (Å²) in [5, 5.41) is 0. The molecule has 0 aromatic heterocycles. The van der Waals surface area contributed by atoms with Crippen LogP contribution in [0.5, 0.6) is 0 Å². The highest BCUT2D eigenvalue weighted by molar-refractivity contribution is 6.43. The van der Waals surface area contributed by atoms with Crippen LogP contribution in [0.2, 0.25) is 0 Å². The van der Waals surface area contributed by atoms with Crippen LogP contribution in [0.3, 0.4) is 0 Å². The van der Waals surface area contributed by atoms with Gasteiger partial charge in [-0.15, -0.1) is 0 Å². The lowest BCUT2D eigenvalue weighted by atomic mass is 9.94. The van der Waals surface area contributed by atoms with E-state index in [1.54, 1.807) is 4.90 Å². The van der Waals surface area contributed by atoms with E-state index in [-0.39, 0.29) is 17.8 Å². The first-order valence-electron chi connectivity index (χ1n) is 7.48. The fraction of sp³-hybridized carbons (Fsp3) is 0.222. The van der Waals surface area contributed by atoms with Gasteiger partial charge in [0.1, 0.15) is 6.04 Å². The number of benzene rings is 2. The van der Waals surface area contributed by atoms with E-state index in [4.69, 9.17) is 5.73 Å². The third-order valence-corrected chi connectivity index (χ3v) is 4.38. The molecule has 4 heteroatoms. The Morgan fingerprint density at radius 2 is 2.00 bits per heavy atom. The van der Waals surface area contributed by atoms with E-state index in [1.807, 2.05) is 30.3 Å². The number of rotatable bonds is 1. The molecule has 4 rings (SSSR count). The second kappa shape index (κ2) is 4.70. The zero-order valence-electron chi connectivity index (χ0n) is 12.4. The highest BCUT2D eigenvalue weighted by atomic mass is 16.2. The van der Waals surface area contributed by atoms with E-state index >= 15 is 0 Å². The van der Waals surface area contributed by atoms with Crippen LogP contribution in [-0.4, -0.2) is 18.3 Å². The Hall–Kier alpha value is -2.62. The molecule has 2 N–H and O–H groups in total. The topological polar surface area (TPSA) is 58.7 Å². The molecule has 1 amide bonds. The maximum absolute atomic E-state index is 12.5. The number of nitrogens with zero attached hydrogens (tertiary/aromatic N) is 2. The molecule has 0 unspecified atom stereocenters. The molecule has 0 radical (unpaired) electrons. The van der Waals surface area contributed by atoms with Crippen molar-refractivity contribution in [1.29, 1.82) is 0 Å². The Labute approximate surface area is 129 Å². The number of aliphatic imine (C=N–C) groups is 1. The standard InChI is InChI=1S/C18H17N3O/c1-11-9-13-7-8-21-16(13)14(10-11)15(20-17(19)18(21)22)12-5-3-2-4-6-12/h2-6,9-10,15H,7-8H2,1H3,(H2,19,20)/t15-/m0/s1. The Bertz CT molecular complexity index is 795. The molecule has 0 aliphatic carbocycles. The predicted molar refractivity (Wildman–Crippen MR) is 87.1 cm³/mol. The highest BCUT2D eigenvalue weighted by Crippen LogP contribution is 2.41. The molecule has 0 bridgehead atoms. The third-order valence-electron chi connectivity index (χ3n) is 4.38. The number of amidine groups is 1. The van der Waals surface area contributed by atoms with Gasteiger partial charge < -0.3 is 10.6 Å². The van der Waals surface area contributed by atoms with Crippen LogP contribution in [0.15, 0.2) is 47.5 Å². The fourth-order valence-corrected chi connectivity index (χ4v) is 3.45. The molecule has 2 aliphatic rings. The Morgan fingerprint density at radius 3 is 2.77 bits per heavy atom. The number of carbonyl (C=O) groups excluding carboxylic acids is 1. The Morgan fingerprint density at radius 1 is 1.23 bits per heavy atom. The van der Waals surface area contributed by atoms with Gasteiger partial charge in [0.2, 0.25) is 0 Å². The first-order chi connectivity index (χ1) is 10.6. The predicted octanol–water partition coefficient (Wildman–Crippen LogP) is 2.34. The minimum absolute atomic E-state index is 0.0931. The van der Waals surface area contributed by atoms with Gasteiger partial charge in [-0.1, -0.05) is 48.0 Å². The molecule has 110 valence electrons. The number of hydrogen-bond donors (Lipinski definition) is 1. The Balaban J connectivity index is 2.00. The fourth-order valence-electron chi connectivity index (χ4n) is 3.45. The Kier molecular flexibility index (Phi) is 2.79. The minimum atomic E-state index is -0.220. The van der Waals surface area contributed by atoms with Crippen molar-refractivity contribution in [2.45, 2.75) is 19.4 Å². The van der Waals surface area contributed by atoms with Crippen LogP contribution in [0, 0.1) is 6.92 Å². The lowest BCUT2D eigenvalue weighted by molar-refractivity contribution is -0.112. The van der Waals surface area contributed by atoms with Gasteiger partial charge in [0.05, 0.1) is 5.69 Å². The lowest BCUT2D eigenvalue weighted by Crippen LogP contribution is -2.38. The zero-order valence-corrected chi connectivity index (χ0v) is 12.4. The van der Waals surface area contributed by atoms with Crippen molar-refractivity contribution in [3.8, 4) is 0 Å². The van der Waals surface area contributed by atoms with E-state index in [0.29, 0.717) is 6.54 Å². The van der Waals surface area contributed by atoms with Crippen LogP contribution in [0.1, 0.15) is 28.3 Å². The van der Waals surface area contributed by atoms with Gasteiger partial charge in [0.25, 0.3) is 5.91 Å². The van der Waals surface area contributed by atoms with Crippen molar-refractivity contribution in [1.82, 2.24) is 0 Å². The molecule has 2 aromatic carbocycles. The number of nitrogens with two attached hydrogens (primary N) is 1. The molecule has 0 fully saturated rings. The van der Waals surface area contributed by atoms with Crippen molar-refractivity contribution in [2.24, 2.45) is 10.7 Å². The molecule has 2 heterocycles. The number of amides is 1. The second-order valence-electron chi connectivity index (χ2n) is 5.90. The molecular weight excluding hydrogens is 274 g/mol. The summed E-state index contributed by atoms with van der Waals surface area (Å²) in [4.78, 5) is 18.8. The first-order valence-corrected chi connectivity index (χ1v) is 7.48. The summed E-state index contributed by atoms with van der Waals surface area (Å²) in [6, 6.07) is 14.1. The molecule has 0 saturated carbocycles. The normalized spacial score (nSPS) is 19.7. The molecular formula is C18H17N3O. The highest BCUT2D eigenvalue weighted by Gasteiger charge is 2.35. The maximum atomic E-state index is 12.5. The van der Waals surface area contributed by atoms with Crippen molar-refractivity contribution < 1.29 is 4.79 Å². The molecule has 0 spiro atoms. The van der Waals surface area contributed by atoms with Crippen molar-refractivity contribution in [2.75, 3.05) is 11.4 Å². The summed E-state index contributed by atoms with van der Waals surface area (Å²) in [5.41, 5.74) is 11.5. The first kappa shape index (κ1) is 13.1. The van der Waals surface area contributed by atoms with E-state index in [1.165, 1.54) is 11.1 Å². The summed E-state index contributed by atoms with van der Waals surface area (Å²) >= 11 is 0. The molecule has 1 atom stereocenters. The molecule has 0 saturated heterocycles. The summed E-state index contributed by atoms with van der Waals surface area (Å²) in [6.07, 6.45) is 0.880. The maximum Gasteiger partial charge on any atom is 0.293 e. The summed E-state index contributed by atoms with van der Waals surface area (Å²) < 4.78 is 0. The quantitative estimate of drug-likeness (QED) is 0.876. The zero-order chi connectivity index (χ0) is 15.3. The minimum Gasteiger partial charge on any atom is -0.379 e. The van der Waals surface area contributed by atoms with Crippen LogP contribution in [-0.2, 0) is 11.2 Å². The summed E-state index contributed by atoms with van der Waals surface area (Å²) in [6.45, 7) is 2.77. The average Bonchev–Trinajstić information content (AvgIpc) is 2.91. The van der Waals surface area contributed by atoms with Gasteiger partial charge in [-0.05, 0) is 24.5 Å². The van der Waals surface area contributed by atoms with Gasteiger partial charge in [-0.3, -0.25) is 9.79 Å². The summed E-state index contributed by atoms with van der Waals surface area (Å²) in [5.74, 6) is -0.0853. The van der Waals surface area contributed by atoms with Crippen LogP contribution >= 0.6 is 0 Å². The smallest absolute Gasteiger partial charge is 0.293 e. The van der Waals surface area contributed by atoms with Gasteiger partial charge in [0, 0.05) is 12.1 Å². The SMILES string of the molecule is Cc1cc2c3c(c1)[C@H](c1ccccc1)N=C(N)C(=O)N3CC2. The van der Waals surface area contributed by atoms with Gasteiger partial charge in [0.15, 0.2) is 5.84 Å². The average molecular weight is 291 g/mol. The van der Waals surface area contributed by atoms with Gasteiger partial charge in [-0.25, -0.2) is 0 Å². The van der Waals surface area contributed by atoms with E-state index in [2.05, 4.69) is 24.0 Å². The van der Waals surface area contributed by atoms with Crippen molar-refractivity contribution in [3.63, 3.8) is 0 Å². The largest absolute Gasteiger partial charge is 0.379 e. The number of carbonyl (C=O) groups is 1. The van der Waals surface area contributed by atoms with Crippen LogP contribution < -0.4 is 10.6 Å². The van der Waals surface area contributed by atoms with Crippen molar-refractivity contribution >= 4 is 17.4 Å². The second-order valence-corrected chi connectivity index (χ2v) is 5.90. The van der Waals surface area contributed by atoms with E-state index in [9.17, 15) is 4.79 Å². The molecule has 2 aliphatic heterocycles. The van der Waals surface area contributed by atoms with Crippen molar-refractivity contribution in [3.05, 3.63) is 64.7 Å². The van der Waals surface area contributed by atoms with E-state index in [0.717, 1.165) is 23.2 Å². The van der Waals surface area contributed by atoms with E-state index < -0.39 is 0 Å². The van der Waals surface area contributed by atoms with Crippen LogP contribution in [0.4, 0.5) is 5.69 Å².